The zero-order valence-electron chi connectivity index (χ0n) is 10.7. The number of likely N-dealkylation sites (N-methyl/N-ethyl adjacent to an activating group) is 1. The van der Waals surface area contributed by atoms with Crippen LogP contribution in [0.15, 0.2) is 0 Å². The summed E-state index contributed by atoms with van der Waals surface area (Å²) in [6.45, 7) is 10.00. The van der Waals surface area contributed by atoms with Gasteiger partial charge in [-0.2, -0.15) is 0 Å². The monoisotopic (exact) mass is 212 g/mol. The van der Waals surface area contributed by atoms with Gasteiger partial charge in [0.15, 0.2) is 0 Å². The van der Waals surface area contributed by atoms with Gasteiger partial charge in [-0.1, -0.05) is 33.6 Å². The van der Waals surface area contributed by atoms with Crippen molar-refractivity contribution in [3.05, 3.63) is 0 Å². The highest BCUT2D eigenvalue weighted by molar-refractivity contribution is 4.83. The lowest BCUT2D eigenvalue weighted by atomic mass is 9.78. The Labute approximate surface area is 95.2 Å². The Morgan fingerprint density at radius 2 is 1.67 bits per heavy atom. The Balaban J connectivity index is 2.50. The van der Waals surface area contributed by atoms with Gasteiger partial charge >= 0.3 is 0 Å². The Kier molecular flexibility index (Phi) is 5.62. The van der Waals surface area contributed by atoms with Crippen LogP contribution in [-0.4, -0.2) is 30.6 Å². The van der Waals surface area contributed by atoms with Crippen LogP contribution >= 0.6 is 0 Å². The Bertz CT molecular complexity index is 158. The topological polar surface area (TPSA) is 29.3 Å². The molecule has 2 heteroatoms. The van der Waals surface area contributed by atoms with Crippen molar-refractivity contribution >= 4 is 0 Å². The first-order chi connectivity index (χ1) is 7.22. The van der Waals surface area contributed by atoms with Gasteiger partial charge in [-0.3, -0.25) is 4.90 Å². The molecule has 15 heavy (non-hydrogen) atoms. The van der Waals surface area contributed by atoms with Crippen LogP contribution in [0.25, 0.3) is 0 Å². The van der Waals surface area contributed by atoms with Crippen molar-refractivity contribution in [3.63, 3.8) is 0 Å². The van der Waals surface area contributed by atoms with Crippen LogP contribution in [0.1, 0.15) is 46.5 Å². The van der Waals surface area contributed by atoms with E-state index in [-0.39, 0.29) is 0 Å². The quantitative estimate of drug-likeness (QED) is 0.758. The van der Waals surface area contributed by atoms with Crippen LogP contribution in [0.5, 0.6) is 0 Å². The summed E-state index contributed by atoms with van der Waals surface area (Å²) in [5, 5.41) is 0. The molecule has 1 rings (SSSR count). The lowest BCUT2D eigenvalue weighted by Crippen LogP contribution is -2.46. The zero-order valence-corrected chi connectivity index (χ0v) is 10.7. The summed E-state index contributed by atoms with van der Waals surface area (Å²) in [4.78, 5) is 2.54. The molecule has 0 heterocycles. The molecule has 0 radical (unpaired) electrons. The van der Waals surface area contributed by atoms with E-state index in [0.717, 1.165) is 31.5 Å². The minimum absolute atomic E-state index is 0.632. The van der Waals surface area contributed by atoms with E-state index in [2.05, 4.69) is 25.7 Å². The molecule has 2 N–H and O–H groups in total. The molecule has 0 spiro atoms. The minimum atomic E-state index is 0.632. The summed E-state index contributed by atoms with van der Waals surface area (Å²) in [5.74, 6) is 1.79. The number of nitrogens with zero attached hydrogens (tertiary/aromatic N) is 1. The second-order valence-corrected chi connectivity index (χ2v) is 5.04. The molecule has 0 saturated heterocycles. The molecule has 1 aliphatic carbocycles. The smallest absolute Gasteiger partial charge is 0.0246 e. The van der Waals surface area contributed by atoms with Gasteiger partial charge in [0.05, 0.1) is 0 Å². The average molecular weight is 212 g/mol. The third-order valence-corrected chi connectivity index (χ3v) is 4.13. The van der Waals surface area contributed by atoms with Crippen LogP contribution in [0.2, 0.25) is 0 Å². The lowest BCUT2D eigenvalue weighted by molar-refractivity contribution is 0.122. The molecule has 90 valence electrons. The average Bonchev–Trinajstić information content (AvgIpc) is 2.27. The maximum absolute atomic E-state index is 5.95. The second-order valence-electron chi connectivity index (χ2n) is 5.04. The molecule has 0 aromatic carbocycles. The number of nitrogens with two attached hydrogens (primary N) is 1. The molecular formula is C13H28N2. The molecule has 0 bridgehead atoms. The highest BCUT2D eigenvalue weighted by Gasteiger charge is 2.27. The van der Waals surface area contributed by atoms with Gasteiger partial charge in [-0.05, 0) is 37.8 Å². The fraction of sp³-hybridized carbons (Fsp3) is 1.00. The second kappa shape index (κ2) is 6.49. The normalized spacial score (nSPS) is 29.4. The Morgan fingerprint density at radius 1 is 1.13 bits per heavy atom. The first kappa shape index (κ1) is 13.0. The number of hydrogen-bond donors (Lipinski definition) is 1. The first-order valence-corrected chi connectivity index (χ1v) is 6.67. The first-order valence-electron chi connectivity index (χ1n) is 6.67. The van der Waals surface area contributed by atoms with Crippen LogP contribution in [-0.2, 0) is 0 Å². The van der Waals surface area contributed by atoms with Crippen LogP contribution in [0, 0.1) is 11.8 Å². The molecule has 0 amide bonds. The SMILES string of the molecule is CCN(CC)C(CN)C1CCC(C)CC1. The van der Waals surface area contributed by atoms with Gasteiger partial charge in [0.1, 0.15) is 0 Å². The molecular weight excluding hydrogens is 184 g/mol. The largest absolute Gasteiger partial charge is 0.329 e. The van der Waals surface area contributed by atoms with Crippen LogP contribution in [0.3, 0.4) is 0 Å². The number of hydrogen-bond acceptors (Lipinski definition) is 2. The molecule has 1 atom stereocenters. The summed E-state index contributed by atoms with van der Waals surface area (Å²) in [6.07, 6.45) is 5.59. The van der Waals surface area contributed by atoms with Crippen molar-refractivity contribution in [2.45, 2.75) is 52.5 Å². The van der Waals surface area contributed by atoms with Gasteiger partial charge in [-0.15, -0.1) is 0 Å². The lowest BCUT2D eigenvalue weighted by Gasteiger charge is -2.38. The summed E-state index contributed by atoms with van der Waals surface area (Å²) >= 11 is 0. The molecule has 2 nitrogen and oxygen atoms in total. The van der Waals surface area contributed by atoms with Crippen molar-refractivity contribution in [1.29, 1.82) is 0 Å². The van der Waals surface area contributed by atoms with Crippen molar-refractivity contribution in [2.24, 2.45) is 17.6 Å². The highest BCUT2D eigenvalue weighted by Crippen LogP contribution is 2.31. The fourth-order valence-corrected chi connectivity index (χ4v) is 3.00. The van der Waals surface area contributed by atoms with Gasteiger partial charge < -0.3 is 5.73 Å². The van der Waals surface area contributed by atoms with E-state index in [1.165, 1.54) is 25.7 Å². The van der Waals surface area contributed by atoms with Gasteiger partial charge in [0.2, 0.25) is 0 Å². The highest BCUT2D eigenvalue weighted by atomic mass is 15.2. The van der Waals surface area contributed by atoms with E-state index in [0.29, 0.717) is 6.04 Å². The maximum atomic E-state index is 5.95. The van der Waals surface area contributed by atoms with Gasteiger partial charge in [0.25, 0.3) is 0 Å². The zero-order chi connectivity index (χ0) is 11.3. The van der Waals surface area contributed by atoms with Crippen molar-refractivity contribution in [3.8, 4) is 0 Å². The van der Waals surface area contributed by atoms with Crippen molar-refractivity contribution in [2.75, 3.05) is 19.6 Å². The third kappa shape index (κ3) is 3.46. The fourth-order valence-electron chi connectivity index (χ4n) is 3.00. The van der Waals surface area contributed by atoms with E-state index < -0.39 is 0 Å². The van der Waals surface area contributed by atoms with Crippen molar-refractivity contribution < 1.29 is 0 Å². The third-order valence-electron chi connectivity index (χ3n) is 4.13. The summed E-state index contributed by atoms with van der Waals surface area (Å²) in [5.41, 5.74) is 5.95. The van der Waals surface area contributed by atoms with E-state index in [1.54, 1.807) is 0 Å². The Morgan fingerprint density at radius 3 is 2.07 bits per heavy atom. The minimum Gasteiger partial charge on any atom is -0.329 e. The standard InChI is InChI=1S/C13H28N2/c1-4-15(5-2)13(10-14)12-8-6-11(3)7-9-12/h11-13H,4-10,14H2,1-3H3. The van der Waals surface area contributed by atoms with Crippen LogP contribution in [0.4, 0.5) is 0 Å². The van der Waals surface area contributed by atoms with Crippen LogP contribution < -0.4 is 5.73 Å². The van der Waals surface area contributed by atoms with Crippen molar-refractivity contribution in [1.82, 2.24) is 4.90 Å². The van der Waals surface area contributed by atoms with Gasteiger partial charge in [-0.25, -0.2) is 0 Å². The maximum Gasteiger partial charge on any atom is 0.0246 e. The van der Waals surface area contributed by atoms with E-state index >= 15 is 0 Å². The molecule has 0 aromatic rings. The van der Waals surface area contributed by atoms with E-state index in [1.807, 2.05) is 0 Å². The molecule has 0 aliphatic heterocycles. The molecule has 0 aromatic heterocycles. The predicted molar refractivity (Wildman–Crippen MR) is 66.9 cm³/mol. The van der Waals surface area contributed by atoms with E-state index in [9.17, 15) is 0 Å². The molecule has 1 aliphatic rings. The molecule has 1 saturated carbocycles. The molecule has 1 unspecified atom stereocenters. The van der Waals surface area contributed by atoms with Gasteiger partial charge in [0, 0.05) is 12.6 Å². The predicted octanol–water partition coefficient (Wildman–Crippen LogP) is 2.48. The van der Waals surface area contributed by atoms with E-state index in [4.69, 9.17) is 5.73 Å². The summed E-state index contributed by atoms with van der Waals surface area (Å²) in [6, 6.07) is 0.632. The Hall–Kier alpha value is -0.0800. The molecule has 1 fully saturated rings. The summed E-state index contributed by atoms with van der Waals surface area (Å²) < 4.78 is 0. The summed E-state index contributed by atoms with van der Waals surface area (Å²) in [7, 11) is 0. The number of rotatable bonds is 5.